The number of rotatable bonds is 4. The number of carbonyl (C=O) groups is 1. The van der Waals surface area contributed by atoms with E-state index in [0.29, 0.717) is 10.6 Å². The van der Waals surface area contributed by atoms with Gasteiger partial charge in [0.05, 0.1) is 11.7 Å². The number of amides is 1. The largest absolute Gasteiger partial charge is 0.343 e. The monoisotopic (exact) mass is 347 g/mol. The third-order valence-electron chi connectivity index (χ3n) is 2.85. The van der Waals surface area contributed by atoms with Gasteiger partial charge in [0, 0.05) is 22.6 Å². The number of thiophene rings is 1. The molecule has 2 aromatic heterocycles. The zero-order chi connectivity index (χ0) is 15.8. The van der Waals surface area contributed by atoms with Crippen LogP contribution in [0.2, 0.25) is 0 Å². The zero-order valence-corrected chi connectivity index (χ0v) is 14.0. The van der Waals surface area contributed by atoms with E-state index in [1.807, 2.05) is 0 Å². The molecular weight excluding hydrogens is 334 g/mol. The highest BCUT2D eigenvalue weighted by Gasteiger charge is 2.19. The molecule has 1 amide bonds. The summed E-state index contributed by atoms with van der Waals surface area (Å²) in [7, 11) is 3.24. The molecule has 0 bridgehead atoms. The van der Waals surface area contributed by atoms with Gasteiger partial charge in [-0.3, -0.25) is 9.48 Å². The molecule has 1 N–H and O–H groups in total. The highest BCUT2D eigenvalue weighted by atomic mass is 35.7. The summed E-state index contributed by atoms with van der Waals surface area (Å²) < 4.78 is 24.0. The van der Waals surface area contributed by atoms with Crippen LogP contribution in [0, 0.1) is 6.92 Å². The second kappa shape index (κ2) is 5.78. The smallest absolute Gasteiger partial charge is 0.270 e. The molecule has 1 unspecified atom stereocenters. The molecular formula is C12H14ClN3O3S2. The van der Waals surface area contributed by atoms with Gasteiger partial charge in [0.15, 0.2) is 0 Å². The summed E-state index contributed by atoms with van der Waals surface area (Å²) in [4.78, 5) is 12.9. The Morgan fingerprint density at radius 2 is 2.14 bits per heavy atom. The van der Waals surface area contributed by atoms with Gasteiger partial charge in [-0.15, -0.1) is 11.3 Å². The van der Waals surface area contributed by atoms with E-state index in [9.17, 15) is 13.2 Å². The third-order valence-corrected chi connectivity index (χ3v) is 6.21. The molecule has 0 fully saturated rings. The van der Waals surface area contributed by atoms with Gasteiger partial charge in [0.25, 0.3) is 15.0 Å². The summed E-state index contributed by atoms with van der Waals surface area (Å²) in [5.41, 5.74) is 1.20. The Hall–Kier alpha value is -1.38. The fourth-order valence-corrected chi connectivity index (χ4v) is 3.96. The van der Waals surface area contributed by atoms with E-state index in [-0.39, 0.29) is 16.2 Å². The fourth-order valence-electron chi connectivity index (χ4n) is 1.86. The van der Waals surface area contributed by atoms with Crippen LogP contribution in [0.4, 0.5) is 0 Å². The minimum absolute atomic E-state index is 0.0663. The topological polar surface area (TPSA) is 81.1 Å². The SMILES string of the molecule is Cc1cc(C(=O)NC(C)c2ccc(S(=O)(=O)Cl)s2)n(C)n1. The first-order valence-electron chi connectivity index (χ1n) is 6.04. The summed E-state index contributed by atoms with van der Waals surface area (Å²) >= 11 is 1.04. The lowest BCUT2D eigenvalue weighted by molar-refractivity contribution is 0.0931. The van der Waals surface area contributed by atoms with Crippen LogP contribution in [0.5, 0.6) is 0 Å². The van der Waals surface area contributed by atoms with Crippen molar-refractivity contribution < 1.29 is 13.2 Å². The number of aryl methyl sites for hydroxylation is 2. The summed E-state index contributed by atoms with van der Waals surface area (Å²) in [5.74, 6) is -0.269. The normalized spacial score (nSPS) is 13.1. The van der Waals surface area contributed by atoms with Crippen LogP contribution in [-0.4, -0.2) is 24.1 Å². The van der Waals surface area contributed by atoms with E-state index in [1.165, 1.54) is 10.7 Å². The van der Waals surface area contributed by atoms with E-state index in [1.54, 1.807) is 33.0 Å². The molecule has 21 heavy (non-hydrogen) atoms. The molecule has 0 aliphatic rings. The molecule has 0 aliphatic heterocycles. The van der Waals surface area contributed by atoms with Crippen LogP contribution in [0.25, 0.3) is 0 Å². The first-order chi connectivity index (χ1) is 9.68. The summed E-state index contributed by atoms with van der Waals surface area (Å²) in [6.07, 6.45) is 0. The van der Waals surface area contributed by atoms with E-state index < -0.39 is 9.05 Å². The minimum atomic E-state index is -3.74. The van der Waals surface area contributed by atoms with Crippen molar-refractivity contribution in [3.8, 4) is 0 Å². The molecule has 0 aliphatic carbocycles. The number of hydrogen-bond acceptors (Lipinski definition) is 5. The second-order valence-electron chi connectivity index (χ2n) is 4.58. The van der Waals surface area contributed by atoms with Gasteiger partial charge in [0.1, 0.15) is 9.90 Å². The molecule has 0 aromatic carbocycles. The molecule has 6 nitrogen and oxygen atoms in total. The molecule has 0 saturated heterocycles. The number of nitrogens with zero attached hydrogens (tertiary/aromatic N) is 2. The predicted octanol–water partition coefficient (Wildman–Crippen LogP) is 2.21. The molecule has 1 atom stereocenters. The zero-order valence-electron chi connectivity index (χ0n) is 11.6. The Labute approximate surface area is 131 Å². The van der Waals surface area contributed by atoms with Crippen molar-refractivity contribution >= 4 is 37.0 Å². The van der Waals surface area contributed by atoms with Crippen LogP contribution in [0.1, 0.15) is 34.0 Å². The Bertz CT molecular complexity index is 780. The average molecular weight is 348 g/mol. The highest BCUT2D eigenvalue weighted by molar-refractivity contribution is 8.15. The van der Waals surface area contributed by atoms with Crippen LogP contribution in [0.3, 0.4) is 0 Å². The van der Waals surface area contributed by atoms with Gasteiger partial charge >= 0.3 is 0 Å². The van der Waals surface area contributed by atoms with Crippen molar-refractivity contribution in [1.29, 1.82) is 0 Å². The van der Waals surface area contributed by atoms with Crippen molar-refractivity contribution in [2.75, 3.05) is 0 Å². The quantitative estimate of drug-likeness (QED) is 0.860. The molecule has 114 valence electrons. The maximum absolute atomic E-state index is 12.2. The van der Waals surface area contributed by atoms with Gasteiger partial charge in [-0.05, 0) is 32.0 Å². The predicted molar refractivity (Wildman–Crippen MR) is 81.2 cm³/mol. The summed E-state index contributed by atoms with van der Waals surface area (Å²) in [6, 6.07) is 4.42. The lowest BCUT2D eigenvalue weighted by Gasteiger charge is -2.12. The Kier molecular flexibility index (Phi) is 4.40. The second-order valence-corrected chi connectivity index (χ2v) is 8.49. The molecule has 0 saturated carbocycles. The number of nitrogens with one attached hydrogen (secondary N) is 1. The molecule has 2 rings (SSSR count). The van der Waals surface area contributed by atoms with Crippen LogP contribution < -0.4 is 5.32 Å². The van der Waals surface area contributed by atoms with Crippen LogP contribution in [-0.2, 0) is 16.1 Å². The van der Waals surface area contributed by atoms with Crippen molar-refractivity contribution in [1.82, 2.24) is 15.1 Å². The van der Waals surface area contributed by atoms with Gasteiger partial charge in [-0.1, -0.05) is 0 Å². The number of hydrogen-bond donors (Lipinski definition) is 1. The molecule has 0 radical (unpaired) electrons. The lowest BCUT2D eigenvalue weighted by atomic mass is 10.2. The number of halogens is 1. The lowest BCUT2D eigenvalue weighted by Crippen LogP contribution is -2.27. The third kappa shape index (κ3) is 3.63. The van der Waals surface area contributed by atoms with E-state index in [2.05, 4.69) is 10.4 Å². The maximum atomic E-state index is 12.2. The van der Waals surface area contributed by atoms with Crippen LogP contribution in [0.15, 0.2) is 22.4 Å². The van der Waals surface area contributed by atoms with Gasteiger partial charge in [-0.2, -0.15) is 5.10 Å². The van der Waals surface area contributed by atoms with Crippen molar-refractivity contribution in [3.63, 3.8) is 0 Å². The van der Waals surface area contributed by atoms with E-state index in [4.69, 9.17) is 10.7 Å². The molecule has 0 spiro atoms. The molecule has 2 heterocycles. The van der Waals surface area contributed by atoms with Gasteiger partial charge in [0.2, 0.25) is 0 Å². The highest BCUT2D eigenvalue weighted by Crippen LogP contribution is 2.28. The van der Waals surface area contributed by atoms with Crippen molar-refractivity contribution in [2.45, 2.75) is 24.1 Å². The maximum Gasteiger partial charge on any atom is 0.270 e. The van der Waals surface area contributed by atoms with Crippen molar-refractivity contribution in [2.24, 2.45) is 7.05 Å². The van der Waals surface area contributed by atoms with E-state index in [0.717, 1.165) is 17.0 Å². The Balaban J connectivity index is 2.14. The average Bonchev–Trinajstić information content (AvgIpc) is 2.95. The number of aromatic nitrogens is 2. The minimum Gasteiger partial charge on any atom is -0.343 e. The molecule has 9 heteroatoms. The van der Waals surface area contributed by atoms with Gasteiger partial charge in [-0.25, -0.2) is 8.42 Å². The first kappa shape index (κ1) is 16.0. The Morgan fingerprint density at radius 3 is 2.62 bits per heavy atom. The van der Waals surface area contributed by atoms with E-state index >= 15 is 0 Å². The Morgan fingerprint density at radius 1 is 1.48 bits per heavy atom. The summed E-state index contributed by atoms with van der Waals surface area (Å²) in [5, 5.41) is 6.91. The summed E-state index contributed by atoms with van der Waals surface area (Å²) in [6.45, 7) is 3.58. The first-order valence-corrected chi connectivity index (χ1v) is 9.17. The van der Waals surface area contributed by atoms with Crippen molar-refractivity contribution in [3.05, 3.63) is 34.5 Å². The molecule has 2 aromatic rings. The van der Waals surface area contributed by atoms with Gasteiger partial charge < -0.3 is 5.32 Å². The number of carbonyl (C=O) groups excluding carboxylic acids is 1. The van der Waals surface area contributed by atoms with Crippen LogP contribution >= 0.6 is 22.0 Å². The standard InChI is InChI=1S/C12H14ClN3O3S2/c1-7-6-9(16(3)15-7)12(17)14-8(2)10-4-5-11(20-10)21(13,18)19/h4-6,8H,1-3H3,(H,14,17). The fraction of sp³-hybridized carbons (Fsp3) is 0.333.